The summed E-state index contributed by atoms with van der Waals surface area (Å²) in [5, 5.41) is 0. The fourth-order valence-electron chi connectivity index (χ4n) is 4.56. The average Bonchev–Trinajstić information content (AvgIpc) is 3.28. The maximum absolute atomic E-state index is 6.57. The maximum Gasteiger partial charge on any atom is 0.168 e. The molecule has 1 atom stereocenters. The number of hydrogen-bond acceptors (Lipinski definition) is 5. The summed E-state index contributed by atoms with van der Waals surface area (Å²) in [6, 6.07) is 14.8. The molecule has 0 aliphatic carbocycles. The predicted octanol–water partition coefficient (Wildman–Crippen LogP) is 3.35. The van der Waals surface area contributed by atoms with Crippen molar-refractivity contribution in [2.24, 2.45) is 0 Å². The van der Waals surface area contributed by atoms with Crippen LogP contribution >= 0.6 is 0 Å². The minimum absolute atomic E-state index is 0.166. The van der Waals surface area contributed by atoms with E-state index >= 15 is 0 Å². The van der Waals surface area contributed by atoms with Crippen LogP contribution in [-0.4, -0.2) is 72.7 Å². The van der Waals surface area contributed by atoms with Gasteiger partial charge < -0.3 is 19.1 Å². The molecule has 0 radical (unpaired) electrons. The molecule has 1 saturated heterocycles. The van der Waals surface area contributed by atoms with Crippen LogP contribution in [0.5, 0.6) is 5.75 Å². The number of piperazine rings is 1. The molecule has 1 unspecified atom stereocenters. The first-order chi connectivity index (χ1) is 15.1. The predicted molar refractivity (Wildman–Crippen MR) is 124 cm³/mol. The van der Waals surface area contributed by atoms with Crippen LogP contribution in [0.25, 0.3) is 5.69 Å². The van der Waals surface area contributed by atoms with Crippen molar-refractivity contribution in [3.05, 3.63) is 71.7 Å². The van der Waals surface area contributed by atoms with E-state index in [2.05, 4.69) is 82.9 Å². The van der Waals surface area contributed by atoms with Crippen LogP contribution in [0.2, 0.25) is 0 Å². The molecule has 2 aliphatic heterocycles. The Kier molecular flexibility index (Phi) is 5.42. The van der Waals surface area contributed by atoms with E-state index in [9.17, 15) is 0 Å². The molecule has 1 fully saturated rings. The smallest absolute Gasteiger partial charge is 0.168 e. The number of ether oxygens (including phenoxy) is 1. The lowest BCUT2D eigenvalue weighted by Gasteiger charge is -2.38. The SMILES string of the molecule is Cc1ccc2c(c1)-n1cccc1C(c1cccnc1N1CCN(CCN(C)C)CC1)O2. The van der Waals surface area contributed by atoms with E-state index < -0.39 is 0 Å². The van der Waals surface area contributed by atoms with Gasteiger partial charge in [0.15, 0.2) is 6.10 Å². The van der Waals surface area contributed by atoms with Crippen molar-refractivity contribution in [3.8, 4) is 11.4 Å². The summed E-state index contributed by atoms with van der Waals surface area (Å²) in [7, 11) is 4.27. The molecular formula is C25H31N5O. The van der Waals surface area contributed by atoms with Crippen LogP contribution < -0.4 is 9.64 Å². The van der Waals surface area contributed by atoms with E-state index in [4.69, 9.17) is 9.72 Å². The van der Waals surface area contributed by atoms with Crippen LogP contribution in [0.3, 0.4) is 0 Å². The van der Waals surface area contributed by atoms with E-state index in [0.29, 0.717) is 0 Å². The van der Waals surface area contributed by atoms with Crippen molar-refractivity contribution >= 4 is 5.82 Å². The average molecular weight is 418 g/mol. The molecule has 0 N–H and O–H groups in total. The Morgan fingerprint density at radius 1 is 1.06 bits per heavy atom. The second kappa shape index (κ2) is 8.36. The third-order valence-electron chi connectivity index (χ3n) is 6.30. The highest BCUT2D eigenvalue weighted by molar-refractivity contribution is 5.57. The molecule has 0 bridgehead atoms. The lowest BCUT2D eigenvalue weighted by molar-refractivity contribution is 0.221. The Hall–Kier alpha value is -2.83. The lowest BCUT2D eigenvalue weighted by Crippen LogP contribution is -2.48. The van der Waals surface area contributed by atoms with Crippen molar-refractivity contribution < 1.29 is 4.74 Å². The van der Waals surface area contributed by atoms with Gasteiger partial charge in [-0.3, -0.25) is 4.90 Å². The molecular weight excluding hydrogens is 386 g/mol. The van der Waals surface area contributed by atoms with Gasteiger partial charge in [0.05, 0.1) is 11.4 Å². The van der Waals surface area contributed by atoms with Crippen molar-refractivity contribution in [1.29, 1.82) is 0 Å². The van der Waals surface area contributed by atoms with Crippen LogP contribution in [0.1, 0.15) is 22.9 Å². The molecule has 6 nitrogen and oxygen atoms in total. The van der Waals surface area contributed by atoms with Crippen molar-refractivity contribution in [1.82, 2.24) is 19.4 Å². The van der Waals surface area contributed by atoms with E-state index in [1.165, 1.54) is 5.56 Å². The van der Waals surface area contributed by atoms with Gasteiger partial charge in [-0.15, -0.1) is 0 Å². The van der Waals surface area contributed by atoms with E-state index in [1.54, 1.807) is 0 Å². The Labute approximate surface area is 184 Å². The Bertz CT molecular complexity index is 1050. The van der Waals surface area contributed by atoms with Crippen molar-refractivity contribution in [3.63, 3.8) is 0 Å². The summed E-state index contributed by atoms with van der Waals surface area (Å²) >= 11 is 0. The van der Waals surface area contributed by atoms with E-state index in [1.807, 2.05) is 12.3 Å². The minimum Gasteiger partial charge on any atom is -0.477 e. The number of aromatic nitrogens is 2. The first-order valence-electron chi connectivity index (χ1n) is 11.1. The third-order valence-corrected chi connectivity index (χ3v) is 6.30. The molecule has 1 aromatic carbocycles. The van der Waals surface area contributed by atoms with Gasteiger partial charge in [-0.25, -0.2) is 4.98 Å². The molecule has 6 heteroatoms. The number of aryl methyl sites for hydroxylation is 1. The van der Waals surface area contributed by atoms with Gasteiger partial charge in [-0.05, 0) is 63.0 Å². The van der Waals surface area contributed by atoms with Crippen LogP contribution in [0.4, 0.5) is 5.82 Å². The van der Waals surface area contributed by atoms with Gasteiger partial charge in [0.2, 0.25) is 0 Å². The summed E-state index contributed by atoms with van der Waals surface area (Å²) in [6.07, 6.45) is 3.86. The fraction of sp³-hybridized carbons (Fsp3) is 0.400. The van der Waals surface area contributed by atoms with Gasteiger partial charge in [0, 0.05) is 57.2 Å². The van der Waals surface area contributed by atoms with Crippen LogP contribution in [0, 0.1) is 6.92 Å². The topological polar surface area (TPSA) is 36.8 Å². The van der Waals surface area contributed by atoms with Crippen molar-refractivity contribution in [2.45, 2.75) is 13.0 Å². The highest BCUT2D eigenvalue weighted by Crippen LogP contribution is 2.41. The first kappa shape index (κ1) is 20.1. The highest BCUT2D eigenvalue weighted by Gasteiger charge is 2.31. The molecule has 2 aliphatic rings. The van der Waals surface area contributed by atoms with E-state index in [0.717, 1.165) is 67.8 Å². The van der Waals surface area contributed by atoms with Crippen molar-refractivity contribution in [2.75, 3.05) is 58.3 Å². The summed E-state index contributed by atoms with van der Waals surface area (Å²) in [5.74, 6) is 1.96. The summed E-state index contributed by atoms with van der Waals surface area (Å²) in [4.78, 5) is 12.0. The number of anilines is 1. The molecule has 2 aromatic heterocycles. The zero-order valence-corrected chi connectivity index (χ0v) is 18.7. The second-order valence-corrected chi connectivity index (χ2v) is 8.82. The monoisotopic (exact) mass is 417 g/mol. The number of pyridine rings is 1. The Morgan fingerprint density at radius 3 is 2.71 bits per heavy atom. The third kappa shape index (κ3) is 3.93. The number of nitrogens with zero attached hydrogens (tertiary/aromatic N) is 5. The molecule has 3 aromatic rings. The molecule has 162 valence electrons. The fourth-order valence-corrected chi connectivity index (χ4v) is 4.56. The zero-order chi connectivity index (χ0) is 21.4. The number of fused-ring (bicyclic) bond motifs is 3. The number of rotatable bonds is 5. The Balaban J connectivity index is 1.41. The second-order valence-electron chi connectivity index (χ2n) is 8.82. The quantitative estimate of drug-likeness (QED) is 0.636. The van der Waals surface area contributed by atoms with Crippen LogP contribution in [0.15, 0.2) is 54.9 Å². The normalized spacial score (nSPS) is 18.6. The number of hydrogen-bond donors (Lipinski definition) is 0. The molecule has 4 heterocycles. The van der Waals surface area contributed by atoms with Gasteiger partial charge in [-0.2, -0.15) is 0 Å². The number of likely N-dealkylation sites (N-methyl/N-ethyl adjacent to an activating group) is 1. The number of benzene rings is 1. The van der Waals surface area contributed by atoms with Gasteiger partial charge in [0.1, 0.15) is 11.6 Å². The van der Waals surface area contributed by atoms with Gasteiger partial charge >= 0.3 is 0 Å². The lowest BCUT2D eigenvalue weighted by atomic mass is 10.0. The standard InChI is InChI=1S/C25H31N5O/c1-19-8-9-23-22(18-19)30-11-5-7-21(30)24(31-23)20-6-4-10-26-25(20)29-16-14-28(15-17-29)13-12-27(2)3/h4-11,18,24H,12-17H2,1-3H3. The summed E-state index contributed by atoms with van der Waals surface area (Å²) in [5.41, 5.74) is 4.62. The summed E-state index contributed by atoms with van der Waals surface area (Å²) in [6.45, 7) is 8.43. The molecule has 5 rings (SSSR count). The largest absolute Gasteiger partial charge is 0.477 e. The van der Waals surface area contributed by atoms with Crippen LogP contribution in [-0.2, 0) is 0 Å². The summed E-state index contributed by atoms with van der Waals surface area (Å²) < 4.78 is 8.83. The maximum atomic E-state index is 6.57. The van der Waals surface area contributed by atoms with E-state index in [-0.39, 0.29) is 6.10 Å². The molecule has 31 heavy (non-hydrogen) atoms. The Morgan fingerprint density at radius 2 is 1.90 bits per heavy atom. The van der Waals surface area contributed by atoms with Gasteiger partial charge in [0.25, 0.3) is 0 Å². The van der Waals surface area contributed by atoms with Gasteiger partial charge in [-0.1, -0.05) is 6.07 Å². The molecule has 0 amide bonds. The first-order valence-corrected chi connectivity index (χ1v) is 11.1. The molecule has 0 spiro atoms. The highest BCUT2D eigenvalue weighted by atomic mass is 16.5. The zero-order valence-electron chi connectivity index (χ0n) is 18.7. The minimum atomic E-state index is -0.166. The molecule has 0 saturated carbocycles.